The molecule has 3 amide bonds. The number of esters is 1. The van der Waals surface area contributed by atoms with E-state index in [2.05, 4.69) is 15.6 Å². The lowest BCUT2D eigenvalue weighted by Gasteiger charge is -2.40. The zero-order valence-corrected chi connectivity index (χ0v) is 36.7. The van der Waals surface area contributed by atoms with Crippen molar-refractivity contribution in [1.82, 2.24) is 25.4 Å². The Labute approximate surface area is 353 Å². The molecule has 59 heavy (non-hydrogen) atoms. The van der Waals surface area contributed by atoms with Crippen molar-refractivity contribution >= 4 is 41.0 Å². The van der Waals surface area contributed by atoms with Crippen molar-refractivity contribution < 1.29 is 38.6 Å². The molecule has 322 valence electrons. The fraction of sp³-hybridized carbons (Fsp3) is 0.556. The number of carbonyl (C=O) groups excluding carboxylic acids is 4. The van der Waals surface area contributed by atoms with Gasteiger partial charge in [-0.3, -0.25) is 28.9 Å². The monoisotopic (exact) mass is 833 g/mol. The Kier molecular flexibility index (Phi) is 18.0. The Balaban J connectivity index is 1.52. The number of ether oxygens (including phenoxy) is 2. The summed E-state index contributed by atoms with van der Waals surface area (Å²) in [5.41, 5.74) is 3.53. The van der Waals surface area contributed by atoms with Gasteiger partial charge in [-0.05, 0) is 73.9 Å². The van der Waals surface area contributed by atoms with Gasteiger partial charge in [0.25, 0.3) is 5.91 Å². The van der Waals surface area contributed by atoms with E-state index >= 15 is 0 Å². The number of methoxy groups -OCH3 is 1. The molecule has 4 rings (SSSR count). The van der Waals surface area contributed by atoms with E-state index in [9.17, 15) is 29.1 Å². The lowest BCUT2D eigenvalue weighted by Crippen LogP contribution is -2.59. The van der Waals surface area contributed by atoms with Crippen LogP contribution >= 0.6 is 11.3 Å². The number of nitrogens with zero attached hydrogens (tertiary/aromatic N) is 3. The van der Waals surface area contributed by atoms with Crippen molar-refractivity contribution in [2.24, 2.45) is 11.8 Å². The molecule has 1 saturated heterocycles. The third-order valence-electron chi connectivity index (χ3n) is 11.4. The predicted octanol–water partition coefficient (Wildman–Crippen LogP) is 6.62. The summed E-state index contributed by atoms with van der Waals surface area (Å²) in [6.07, 6.45) is 2.84. The Bertz CT molecular complexity index is 1870. The Morgan fingerprint density at radius 2 is 1.78 bits per heavy atom. The van der Waals surface area contributed by atoms with Gasteiger partial charge in [0.1, 0.15) is 16.7 Å². The van der Waals surface area contributed by atoms with Gasteiger partial charge in [-0.2, -0.15) is 0 Å². The number of amides is 3. The standard InChI is InChI=1S/C45H63N5O8S/c1-9-29(4)40(48-42(53)37-17-13-14-22-49(37)7)44(54)50(23-24-57-8)38(28(2)3)26-39(58-31(6)51)43-47-36(27-59-43)41(52)46-21-20-34(45(55)56)35-25-33(19-18-30(35)5)32-15-11-10-12-16-32/h10-12,15-16,18-19,25,27-29,34,37-40H,9,13-14,17,20-24,26H2,1-8H3,(H,46,52)(H,48,53)(H,55,56)/t29?,34-,37?,38-,39-,40?/m1/s1. The van der Waals surface area contributed by atoms with Crippen molar-refractivity contribution in [2.75, 3.05) is 40.4 Å². The van der Waals surface area contributed by atoms with E-state index in [1.54, 1.807) is 17.4 Å². The fourth-order valence-electron chi connectivity index (χ4n) is 7.72. The van der Waals surface area contributed by atoms with Gasteiger partial charge in [-0.1, -0.05) is 89.1 Å². The van der Waals surface area contributed by atoms with E-state index in [1.807, 2.05) is 95.1 Å². The number of aliphatic carboxylic acids is 1. The van der Waals surface area contributed by atoms with Crippen LogP contribution < -0.4 is 10.6 Å². The molecule has 14 heteroatoms. The smallest absolute Gasteiger partial charge is 0.311 e. The maximum Gasteiger partial charge on any atom is 0.311 e. The number of aromatic nitrogens is 1. The highest BCUT2D eigenvalue weighted by molar-refractivity contribution is 7.09. The van der Waals surface area contributed by atoms with Crippen molar-refractivity contribution in [3.63, 3.8) is 0 Å². The first-order valence-corrected chi connectivity index (χ1v) is 21.6. The number of hydrogen-bond donors (Lipinski definition) is 3. The quantitative estimate of drug-likeness (QED) is 0.0994. The van der Waals surface area contributed by atoms with E-state index in [-0.39, 0.29) is 67.9 Å². The van der Waals surface area contributed by atoms with Crippen LogP contribution in [0.2, 0.25) is 0 Å². The normalized spacial score (nSPS) is 17.0. The first-order chi connectivity index (χ1) is 28.2. The predicted molar refractivity (Wildman–Crippen MR) is 229 cm³/mol. The van der Waals surface area contributed by atoms with Crippen LogP contribution in [0.4, 0.5) is 0 Å². The average molecular weight is 834 g/mol. The van der Waals surface area contributed by atoms with Crippen LogP contribution in [0.5, 0.6) is 0 Å². The number of likely N-dealkylation sites (tertiary alicyclic amines) is 1. The molecule has 3 N–H and O–H groups in total. The molecule has 6 atom stereocenters. The van der Waals surface area contributed by atoms with Gasteiger partial charge in [-0.15, -0.1) is 11.3 Å². The fourth-order valence-corrected chi connectivity index (χ4v) is 8.56. The first-order valence-electron chi connectivity index (χ1n) is 20.8. The van der Waals surface area contributed by atoms with Crippen LogP contribution in [0, 0.1) is 18.8 Å². The summed E-state index contributed by atoms with van der Waals surface area (Å²) in [5.74, 6) is -3.51. The number of nitrogens with one attached hydrogen (secondary N) is 2. The zero-order chi connectivity index (χ0) is 43.2. The molecule has 3 aromatic rings. The summed E-state index contributed by atoms with van der Waals surface area (Å²) in [6, 6.07) is 14.0. The summed E-state index contributed by atoms with van der Waals surface area (Å²) in [5, 5.41) is 18.1. The number of carbonyl (C=O) groups is 5. The van der Waals surface area contributed by atoms with Crippen LogP contribution in [-0.2, 0) is 28.7 Å². The molecule has 1 aromatic heterocycles. The lowest BCUT2D eigenvalue weighted by atomic mass is 9.89. The molecular formula is C45H63N5O8S. The van der Waals surface area contributed by atoms with Crippen LogP contribution in [0.3, 0.4) is 0 Å². The second-order valence-corrected chi connectivity index (χ2v) is 16.9. The highest BCUT2D eigenvalue weighted by Gasteiger charge is 2.39. The second kappa shape index (κ2) is 22.6. The molecule has 2 heterocycles. The summed E-state index contributed by atoms with van der Waals surface area (Å²) >= 11 is 1.17. The minimum Gasteiger partial charge on any atom is -0.481 e. The second-order valence-electron chi connectivity index (χ2n) is 16.0. The Morgan fingerprint density at radius 1 is 1.05 bits per heavy atom. The van der Waals surface area contributed by atoms with E-state index < -0.39 is 42.0 Å². The van der Waals surface area contributed by atoms with Gasteiger partial charge in [0.15, 0.2) is 6.10 Å². The number of benzene rings is 2. The van der Waals surface area contributed by atoms with E-state index in [4.69, 9.17) is 9.47 Å². The van der Waals surface area contributed by atoms with Crippen LogP contribution in [0.25, 0.3) is 11.1 Å². The van der Waals surface area contributed by atoms with E-state index in [0.717, 1.165) is 42.5 Å². The number of rotatable bonds is 21. The molecule has 1 aliphatic rings. The van der Waals surface area contributed by atoms with Gasteiger partial charge in [-0.25, -0.2) is 4.98 Å². The lowest BCUT2D eigenvalue weighted by molar-refractivity contribution is -0.150. The molecule has 0 saturated carbocycles. The SMILES string of the molecule is CCC(C)C(NC(=O)C1CCCCN1C)C(=O)N(CCOC)[C@H](C[C@@H](OC(C)=O)c1nc(C(=O)NCC[C@@H](C(=O)O)c2cc(-c3ccccc3)ccc2C)cs1)C(C)C. The molecular weight excluding hydrogens is 771 g/mol. The topological polar surface area (TPSA) is 167 Å². The van der Waals surface area contributed by atoms with Gasteiger partial charge < -0.3 is 30.1 Å². The molecule has 0 aliphatic carbocycles. The molecule has 1 aliphatic heterocycles. The third-order valence-corrected chi connectivity index (χ3v) is 12.3. The van der Waals surface area contributed by atoms with Gasteiger partial charge in [0, 0.05) is 45.0 Å². The Morgan fingerprint density at radius 3 is 2.41 bits per heavy atom. The molecule has 13 nitrogen and oxygen atoms in total. The third kappa shape index (κ3) is 12.9. The molecule has 2 aromatic carbocycles. The zero-order valence-electron chi connectivity index (χ0n) is 35.9. The molecule has 3 unspecified atom stereocenters. The van der Waals surface area contributed by atoms with Gasteiger partial charge in [0.2, 0.25) is 11.8 Å². The molecule has 0 bridgehead atoms. The van der Waals surface area contributed by atoms with Crippen LogP contribution in [0.15, 0.2) is 53.9 Å². The highest BCUT2D eigenvalue weighted by Crippen LogP contribution is 2.32. The molecule has 1 fully saturated rings. The number of carboxylic acids is 1. The number of aryl methyl sites for hydroxylation is 1. The van der Waals surface area contributed by atoms with Crippen molar-refractivity contribution in [3.8, 4) is 11.1 Å². The number of carboxylic acid groups (broad SMARTS) is 1. The van der Waals surface area contributed by atoms with Crippen LogP contribution in [-0.4, -0.2) is 108 Å². The van der Waals surface area contributed by atoms with E-state index in [0.29, 0.717) is 17.0 Å². The van der Waals surface area contributed by atoms with Crippen LogP contribution in [0.1, 0.15) is 112 Å². The summed E-state index contributed by atoms with van der Waals surface area (Å²) in [7, 11) is 3.50. The number of thiazole rings is 1. The Hall–Kier alpha value is -4.66. The van der Waals surface area contributed by atoms with Gasteiger partial charge in [0.05, 0.1) is 18.6 Å². The van der Waals surface area contributed by atoms with Crippen molar-refractivity contribution in [1.29, 1.82) is 0 Å². The minimum atomic E-state index is -0.986. The van der Waals surface area contributed by atoms with E-state index in [1.165, 1.54) is 18.3 Å². The molecule has 0 spiro atoms. The largest absolute Gasteiger partial charge is 0.481 e. The number of hydrogen-bond acceptors (Lipinski definition) is 10. The first kappa shape index (κ1) is 47.0. The summed E-state index contributed by atoms with van der Waals surface area (Å²) < 4.78 is 11.3. The number of piperidine rings is 1. The summed E-state index contributed by atoms with van der Waals surface area (Å²) in [6.45, 7) is 12.5. The highest BCUT2D eigenvalue weighted by atomic mass is 32.1. The molecule has 0 radical (unpaired) electrons. The minimum absolute atomic E-state index is 0.0853. The maximum atomic E-state index is 14.6. The number of likely N-dealkylation sites (N-methyl/N-ethyl adjacent to an activating group) is 1. The maximum absolute atomic E-state index is 14.6. The van der Waals surface area contributed by atoms with Crippen molar-refractivity contribution in [3.05, 3.63) is 75.7 Å². The average Bonchev–Trinajstić information content (AvgIpc) is 3.71. The van der Waals surface area contributed by atoms with Gasteiger partial charge >= 0.3 is 11.9 Å². The summed E-state index contributed by atoms with van der Waals surface area (Å²) in [4.78, 5) is 75.0. The van der Waals surface area contributed by atoms with Crippen molar-refractivity contribution in [2.45, 2.75) is 110 Å².